The number of benzene rings is 1. The molecule has 0 spiro atoms. The zero-order chi connectivity index (χ0) is 12.3. The molecule has 1 aliphatic rings. The van der Waals surface area contributed by atoms with Crippen LogP contribution in [-0.2, 0) is 9.53 Å². The molecule has 0 unspecified atom stereocenters. The third-order valence-electron chi connectivity index (χ3n) is 2.69. The molecule has 0 bridgehead atoms. The van der Waals surface area contributed by atoms with Crippen LogP contribution in [0, 0.1) is 3.57 Å². The SMILES string of the molecule is COC(=O)[C@@H]1C[C@H](Oc2ccc(I)cc2)CN1.Cl. The smallest absolute Gasteiger partial charge is 0.323 e. The number of esters is 1. The number of hydrogen-bond acceptors (Lipinski definition) is 4. The molecule has 4 nitrogen and oxygen atoms in total. The van der Waals surface area contributed by atoms with Crippen molar-refractivity contribution in [3.05, 3.63) is 27.8 Å². The summed E-state index contributed by atoms with van der Waals surface area (Å²) in [6.07, 6.45) is 0.678. The molecule has 0 saturated carbocycles. The van der Waals surface area contributed by atoms with E-state index in [4.69, 9.17) is 9.47 Å². The molecule has 1 saturated heterocycles. The summed E-state index contributed by atoms with van der Waals surface area (Å²) in [4.78, 5) is 11.3. The van der Waals surface area contributed by atoms with E-state index in [1.54, 1.807) is 0 Å². The number of ether oxygens (including phenoxy) is 2. The van der Waals surface area contributed by atoms with E-state index in [1.165, 1.54) is 10.7 Å². The molecule has 1 aromatic rings. The topological polar surface area (TPSA) is 47.6 Å². The van der Waals surface area contributed by atoms with Crippen molar-refractivity contribution in [1.29, 1.82) is 0 Å². The van der Waals surface area contributed by atoms with Gasteiger partial charge < -0.3 is 14.8 Å². The number of carbonyl (C=O) groups excluding carboxylic acids is 1. The summed E-state index contributed by atoms with van der Waals surface area (Å²) in [5.74, 6) is 0.612. The second-order valence-corrected chi connectivity index (χ2v) is 5.16. The molecule has 1 aromatic carbocycles. The molecule has 100 valence electrons. The molecular formula is C12H15ClINO3. The lowest BCUT2D eigenvalue weighted by atomic mass is 10.2. The molecule has 2 atom stereocenters. The van der Waals surface area contributed by atoms with Crippen molar-refractivity contribution in [2.45, 2.75) is 18.6 Å². The van der Waals surface area contributed by atoms with Crippen LogP contribution >= 0.6 is 35.0 Å². The highest BCUT2D eigenvalue weighted by Gasteiger charge is 2.31. The van der Waals surface area contributed by atoms with Crippen molar-refractivity contribution in [3.8, 4) is 5.75 Å². The maximum Gasteiger partial charge on any atom is 0.323 e. The summed E-state index contributed by atoms with van der Waals surface area (Å²) in [6, 6.07) is 7.63. The van der Waals surface area contributed by atoms with Gasteiger partial charge in [-0.3, -0.25) is 4.79 Å². The molecule has 0 amide bonds. The molecule has 1 heterocycles. The van der Waals surface area contributed by atoms with Gasteiger partial charge in [0, 0.05) is 16.5 Å². The minimum absolute atomic E-state index is 0. The van der Waals surface area contributed by atoms with E-state index in [0.717, 1.165) is 5.75 Å². The van der Waals surface area contributed by atoms with Gasteiger partial charge in [-0.2, -0.15) is 0 Å². The fourth-order valence-corrected chi connectivity index (χ4v) is 2.18. The maximum atomic E-state index is 11.3. The minimum Gasteiger partial charge on any atom is -0.489 e. The number of halogens is 2. The highest BCUT2D eigenvalue weighted by Crippen LogP contribution is 2.19. The quantitative estimate of drug-likeness (QED) is 0.641. The highest BCUT2D eigenvalue weighted by molar-refractivity contribution is 14.1. The third-order valence-corrected chi connectivity index (χ3v) is 3.41. The molecule has 0 radical (unpaired) electrons. The Morgan fingerprint density at radius 1 is 1.39 bits per heavy atom. The van der Waals surface area contributed by atoms with Crippen molar-refractivity contribution in [1.82, 2.24) is 5.32 Å². The summed E-state index contributed by atoms with van der Waals surface area (Å²) in [7, 11) is 1.40. The van der Waals surface area contributed by atoms with Gasteiger partial charge in [0.1, 0.15) is 17.9 Å². The average molecular weight is 384 g/mol. The maximum absolute atomic E-state index is 11.3. The molecule has 0 aromatic heterocycles. The molecule has 18 heavy (non-hydrogen) atoms. The molecular weight excluding hydrogens is 368 g/mol. The van der Waals surface area contributed by atoms with Crippen molar-refractivity contribution in [2.24, 2.45) is 0 Å². The van der Waals surface area contributed by atoms with E-state index >= 15 is 0 Å². The third kappa shape index (κ3) is 4.00. The van der Waals surface area contributed by atoms with Crippen LogP contribution in [0.5, 0.6) is 5.75 Å². The first-order chi connectivity index (χ1) is 8.19. The van der Waals surface area contributed by atoms with Crippen molar-refractivity contribution in [3.63, 3.8) is 0 Å². The molecule has 1 aliphatic heterocycles. The summed E-state index contributed by atoms with van der Waals surface area (Å²) in [6.45, 7) is 0.672. The number of rotatable bonds is 3. The molecule has 2 rings (SSSR count). The second-order valence-electron chi connectivity index (χ2n) is 3.91. The Bertz CT molecular complexity index is 399. The average Bonchev–Trinajstić information content (AvgIpc) is 2.80. The molecule has 1 fully saturated rings. The Morgan fingerprint density at radius 2 is 2.06 bits per heavy atom. The van der Waals surface area contributed by atoms with E-state index in [9.17, 15) is 4.79 Å². The van der Waals surface area contributed by atoms with E-state index in [0.29, 0.717) is 13.0 Å². The van der Waals surface area contributed by atoms with Crippen LogP contribution in [-0.4, -0.2) is 31.8 Å². The first-order valence-electron chi connectivity index (χ1n) is 5.42. The van der Waals surface area contributed by atoms with Crippen LogP contribution in [0.25, 0.3) is 0 Å². The first kappa shape index (κ1) is 15.5. The van der Waals surface area contributed by atoms with Crippen LogP contribution in [0.1, 0.15) is 6.42 Å². The Morgan fingerprint density at radius 3 is 2.67 bits per heavy atom. The van der Waals surface area contributed by atoms with Crippen LogP contribution in [0.15, 0.2) is 24.3 Å². The standard InChI is InChI=1S/C12H14INO3.ClH/c1-16-12(15)11-6-10(7-14-11)17-9-4-2-8(13)3-5-9;/h2-5,10-11,14H,6-7H2,1H3;1H/t10-,11-;/m0./s1. The zero-order valence-corrected chi connectivity index (χ0v) is 12.9. The summed E-state index contributed by atoms with van der Waals surface area (Å²) in [5, 5.41) is 3.09. The Kier molecular flexibility index (Phi) is 6.17. The lowest BCUT2D eigenvalue weighted by Crippen LogP contribution is -2.31. The minimum atomic E-state index is -0.242. The summed E-state index contributed by atoms with van der Waals surface area (Å²) >= 11 is 2.25. The zero-order valence-electron chi connectivity index (χ0n) is 9.89. The fourth-order valence-electron chi connectivity index (χ4n) is 1.82. The van der Waals surface area contributed by atoms with Crippen LogP contribution in [0.4, 0.5) is 0 Å². The van der Waals surface area contributed by atoms with Gasteiger partial charge in [0.2, 0.25) is 0 Å². The van der Waals surface area contributed by atoms with Crippen LogP contribution < -0.4 is 10.1 Å². The Hall–Kier alpha value is -0.530. The van der Waals surface area contributed by atoms with Gasteiger partial charge in [-0.15, -0.1) is 12.4 Å². The summed E-state index contributed by atoms with van der Waals surface area (Å²) < 4.78 is 11.6. The molecule has 6 heteroatoms. The lowest BCUT2D eigenvalue weighted by Gasteiger charge is -2.12. The van der Waals surface area contributed by atoms with Gasteiger partial charge >= 0.3 is 5.97 Å². The van der Waals surface area contributed by atoms with Gasteiger partial charge in [0.15, 0.2) is 0 Å². The molecule has 1 N–H and O–H groups in total. The lowest BCUT2D eigenvalue weighted by molar-refractivity contribution is -0.142. The van der Waals surface area contributed by atoms with Gasteiger partial charge in [0.05, 0.1) is 7.11 Å². The van der Waals surface area contributed by atoms with Gasteiger partial charge in [-0.05, 0) is 46.9 Å². The second kappa shape index (κ2) is 7.16. The van der Waals surface area contributed by atoms with Crippen molar-refractivity contribution >= 4 is 41.0 Å². The predicted molar refractivity (Wildman–Crippen MR) is 79.2 cm³/mol. The van der Waals surface area contributed by atoms with E-state index in [2.05, 4.69) is 27.9 Å². The number of carbonyl (C=O) groups is 1. The van der Waals surface area contributed by atoms with Gasteiger partial charge in [-0.1, -0.05) is 0 Å². The van der Waals surface area contributed by atoms with E-state index < -0.39 is 0 Å². The highest BCUT2D eigenvalue weighted by atomic mass is 127. The number of hydrogen-bond donors (Lipinski definition) is 1. The largest absolute Gasteiger partial charge is 0.489 e. The predicted octanol–water partition coefficient (Wildman–Crippen LogP) is 2.00. The number of methoxy groups -OCH3 is 1. The van der Waals surface area contributed by atoms with Crippen LogP contribution in [0.2, 0.25) is 0 Å². The fraction of sp³-hybridized carbons (Fsp3) is 0.417. The van der Waals surface area contributed by atoms with E-state index in [1.807, 2.05) is 24.3 Å². The monoisotopic (exact) mass is 383 g/mol. The number of nitrogens with one attached hydrogen (secondary N) is 1. The van der Waals surface area contributed by atoms with Crippen LogP contribution in [0.3, 0.4) is 0 Å². The Balaban J connectivity index is 0.00000162. The normalized spacial score (nSPS) is 22.1. The molecule has 0 aliphatic carbocycles. The van der Waals surface area contributed by atoms with Crippen molar-refractivity contribution in [2.75, 3.05) is 13.7 Å². The van der Waals surface area contributed by atoms with E-state index in [-0.39, 0.29) is 30.5 Å². The van der Waals surface area contributed by atoms with Gasteiger partial charge in [0.25, 0.3) is 0 Å². The van der Waals surface area contributed by atoms with Gasteiger partial charge in [-0.25, -0.2) is 0 Å². The first-order valence-corrected chi connectivity index (χ1v) is 6.50. The Labute approximate surface area is 126 Å². The van der Waals surface area contributed by atoms with Crippen molar-refractivity contribution < 1.29 is 14.3 Å². The summed E-state index contributed by atoms with van der Waals surface area (Å²) in [5.41, 5.74) is 0.